The second-order valence-electron chi connectivity index (χ2n) is 5.19. The number of hydrogen-bond acceptors (Lipinski definition) is 5. The van der Waals surface area contributed by atoms with Crippen LogP contribution in [-0.4, -0.2) is 28.5 Å². The standard InChI is InChI=1S/C13H20N2O4/c1-13(2,3)19-12(18)15-8-4-5-11(17)9(6-8)10(14)7-16/h4-6,10,16-17H,7,14H2,1-3H3,(H,15,18)/t10-/m0/s1. The number of amides is 1. The molecular weight excluding hydrogens is 248 g/mol. The summed E-state index contributed by atoms with van der Waals surface area (Å²) in [4.78, 5) is 11.6. The van der Waals surface area contributed by atoms with Gasteiger partial charge in [0, 0.05) is 11.3 Å². The van der Waals surface area contributed by atoms with E-state index in [2.05, 4.69) is 5.32 Å². The Balaban J connectivity index is 2.83. The number of aliphatic hydroxyl groups excluding tert-OH is 1. The summed E-state index contributed by atoms with van der Waals surface area (Å²) in [7, 11) is 0. The van der Waals surface area contributed by atoms with Crippen LogP contribution in [0.3, 0.4) is 0 Å². The molecule has 0 spiro atoms. The van der Waals surface area contributed by atoms with Crippen molar-refractivity contribution >= 4 is 11.8 Å². The summed E-state index contributed by atoms with van der Waals surface area (Å²) in [5.74, 6) is -0.0312. The molecule has 0 unspecified atom stereocenters. The molecule has 5 N–H and O–H groups in total. The maximum atomic E-state index is 11.6. The molecule has 0 fully saturated rings. The number of anilines is 1. The van der Waals surface area contributed by atoms with Gasteiger partial charge in [-0.15, -0.1) is 0 Å². The first-order valence-electron chi connectivity index (χ1n) is 5.92. The maximum Gasteiger partial charge on any atom is 0.412 e. The van der Waals surface area contributed by atoms with Gasteiger partial charge >= 0.3 is 6.09 Å². The molecule has 1 aromatic carbocycles. The zero-order valence-electron chi connectivity index (χ0n) is 11.3. The van der Waals surface area contributed by atoms with Gasteiger partial charge in [-0.2, -0.15) is 0 Å². The number of aliphatic hydroxyl groups is 1. The Hall–Kier alpha value is -1.79. The van der Waals surface area contributed by atoms with E-state index < -0.39 is 17.7 Å². The van der Waals surface area contributed by atoms with E-state index in [1.165, 1.54) is 18.2 Å². The maximum absolute atomic E-state index is 11.6. The Morgan fingerprint density at radius 2 is 2.11 bits per heavy atom. The zero-order chi connectivity index (χ0) is 14.6. The number of carbonyl (C=O) groups excluding carboxylic acids is 1. The van der Waals surface area contributed by atoms with Crippen LogP contribution in [0.4, 0.5) is 10.5 Å². The number of nitrogens with two attached hydrogens (primary N) is 1. The predicted octanol–water partition coefficient (Wildman–Crippen LogP) is 1.73. The lowest BCUT2D eigenvalue weighted by molar-refractivity contribution is 0.0636. The van der Waals surface area contributed by atoms with Crippen LogP contribution in [0, 0.1) is 0 Å². The summed E-state index contributed by atoms with van der Waals surface area (Å²) in [5, 5.41) is 21.1. The highest BCUT2D eigenvalue weighted by molar-refractivity contribution is 5.85. The van der Waals surface area contributed by atoms with E-state index >= 15 is 0 Å². The van der Waals surface area contributed by atoms with Gasteiger partial charge in [-0.1, -0.05) is 0 Å². The molecule has 6 nitrogen and oxygen atoms in total. The lowest BCUT2D eigenvalue weighted by atomic mass is 10.1. The molecule has 0 radical (unpaired) electrons. The SMILES string of the molecule is CC(C)(C)OC(=O)Nc1ccc(O)c([C@@H](N)CO)c1. The minimum atomic E-state index is -0.708. The van der Waals surface area contributed by atoms with Gasteiger partial charge in [0.05, 0.1) is 12.6 Å². The number of ether oxygens (including phenoxy) is 1. The van der Waals surface area contributed by atoms with Gasteiger partial charge in [-0.3, -0.25) is 5.32 Å². The molecule has 1 aromatic rings. The number of aromatic hydroxyl groups is 1. The molecule has 0 bridgehead atoms. The first-order valence-corrected chi connectivity index (χ1v) is 5.92. The molecule has 0 aliphatic heterocycles. The minimum Gasteiger partial charge on any atom is -0.508 e. The summed E-state index contributed by atoms with van der Waals surface area (Å²) in [5.41, 5.74) is 5.84. The number of hydrogen-bond donors (Lipinski definition) is 4. The van der Waals surface area contributed by atoms with Crippen molar-refractivity contribution in [3.05, 3.63) is 23.8 Å². The number of carbonyl (C=O) groups is 1. The number of benzene rings is 1. The van der Waals surface area contributed by atoms with Gasteiger partial charge in [0.2, 0.25) is 0 Å². The Labute approximate surface area is 112 Å². The second kappa shape index (κ2) is 5.90. The molecule has 1 rings (SSSR count). The third kappa shape index (κ3) is 4.76. The summed E-state index contributed by atoms with van der Waals surface area (Å²) in [6, 6.07) is 3.71. The van der Waals surface area contributed by atoms with Gasteiger partial charge in [-0.25, -0.2) is 4.79 Å². The minimum absolute atomic E-state index is 0.0312. The zero-order valence-corrected chi connectivity index (χ0v) is 11.3. The van der Waals surface area contributed by atoms with Crippen molar-refractivity contribution in [1.82, 2.24) is 0 Å². The number of nitrogens with one attached hydrogen (secondary N) is 1. The van der Waals surface area contributed by atoms with Gasteiger partial charge in [0.15, 0.2) is 0 Å². The van der Waals surface area contributed by atoms with Crippen molar-refractivity contribution in [1.29, 1.82) is 0 Å². The average Bonchev–Trinajstić information content (AvgIpc) is 2.28. The van der Waals surface area contributed by atoms with E-state index in [0.29, 0.717) is 11.3 Å². The molecule has 0 heterocycles. The first kappa shape index (κ1) is 15.3. The van der Waals surface area contributed by atoms with Crippen LogP contribution in [0.25, 0.3) is 0 Å². The third-order valence-electron chi connectivity index (χ3n) is 2.27. The van der Waals surface area contributed by atoms with Crippen LogP contribution in [0.15, 0.2) is 18.2 Å². The largest absolute Gasteiger partial charge is 0.508 e. The van der Waals surface area contributed by atoms with Crippen molar-refractivity contribution in [2.24, 2.45) is 5.73 Å². The van der Waals surface area contributed by atoms with Gasteiger partial charge in [-0.05, 0) is 39.0 Å². The van der Waals surface area contributed by atoms with Crippen molar-refractivity contribution in [2.75, 3.05) is 11.9 Å². The highest BCUT2D eigenvalue weighted by Gasteiger charge is 2.17. The highest BCUT2D eigenvalue weighted by atomic mass is 16.6. The molecule has 106 valence electrons. The lowest BCUT2D eigenvalue weighted by Crippen LogP contribution is -2.27. The Morgan fingerprint density at radius 1 is 1.47 bits per heavy atom. The Bertz CT molecular complexity index is 454. The molecule has 0 aliphatic rings. The van der Waals surface area contributed by atoms with Crippen molar-refractivity contribution in [3.63, 3.8) is 0 Å². The van der Waals surface area contributed by atoms with Gasteiger partial charge in [0.25, 0.3) is 0 Å². The smallest absolute Gasteiger partial charge is 0.412 e. The van der Waals surface area contributed by atoms with Crippen LogP contribution in [0.2, 0.25) is 0 Å². The Kier molecular flexibility index (Phi) is 4.74. The fourth-order valence-electron chi connectivity index (χ4n) is 1.45. The third-order valence-corrected chi connectivity index (χ3v) is 2.27. The van der Waals surface area contributed by atoms with E-state index in [4.69, 9.17) is 15.6 Å². The molecule has 0 saturated heterocycles. The molecule has 0 aliphatic carbocycles. The van der Waals surface area contributed by atoms with E-state index in [9.17, 15) is 9.90 Å². The molecular formula is C13H20N2O4. The molecule has 0 saturated carbocycles. The number of phenolic OH excluding ortho intramolecular Hbond substituents is 1. The van der Waals surface area contributed by atoms with Crippen LogP contribution in [0.1, 0.15) is 32.4 Å². The van der Waals surface area contributed by atoms with E-state index in [1.807, 2.05) is 0 Å². The molecule has 1 atom stereocenters. The quantitative estimate of drug-likeness (QED) is 0.625. The normalized spacial score (nSPS) is 12.9. The van der Waals surface area contributed by atoms with E-state index in [1.54, 1.807) is 20.8 Å². The van der Waals surface area contributed by atoms with Gasteiger partial charge in [0.1, 0.15) is 11.4 Å². The summed E-state index contributed by atoms with van der Waals surface area (Å²) in [6.45, 7) is 4.98. The second-order valence-corrected chi connectivity index (χ2v) is 5.19. The highest BCUT2D eigenvalue weighted by Crippen LogP contribution is 2.26. The molecule has 19 heavy (non-hydrogen) atoms. The summed E-state index contributed by atoms with van der Waals surface area (Å²) >= 11 is 0. The summed E-state index contributed by atoms with van der Waals surface area (Å²) < 4.78 is 5.11. The molecule has 6 heteroatoms. The van der Waals surface area contributed by atoms with Crippen LogP contribution in [-0.2, 0) is 4.74 Å². The molecule has 0 aromatic heterocycles. The van der Waals surface area contributed by atoms with Crippen LogP contribution in [0.5, 0.6) is 5.75 Å². The number of phenols is 1. The van der Waals surface area contributed by atoms with E-state index in [-0.39, 0.29) is 12.4 Å². The fraction of sp³-hybridized carbons (Fsp3) is 0.462. The Morgan fingerprint density at radius 3 is 2.63 bits per heavy atom. The van der Waals surface area contributed by atoms with Crippen molar-refractivity contribution in [2.45, 2.75) is 32.4 Å². The first-order chi connectivity index (χ1) is 8.73. The monoisotopic (exact) mass is 268 g/mol. The van der Waals surface area contributed by atoms with Crippen molar-refractivity contribution < 1.29 is 19.7 Å². The molecule has 1 amide bonds. The van der Waals surface area contributed by atoms with Gasteiger partial charge < -0.3 is 20.7 Å². The van der Waals surface area contributed by atoms with Crippen LogP contribution >= 0.6 is 0 Å². The predicted molar refractivity (Wildman–Crippen MR) is 72.0 cm³/mol. The van der Waals surface area contributed by atoms with Crippen LogP contribution < -0.4 is 11.1 Å². The number of rotatable bonds is 3. The fourth-order valence-corrected chi connectivity index (χ4v) is 1.45. The lowest BCUT2D eigenvalue weighted by Gasteiger charge is -2.20. The van der Waals surface area contributed by atoms with E-state index in [0.717, 1.165) is 0 Å². The average molecular weight is 268 g/mol. The topological polar surface area (TPSA) is 105 Å². The van der Waals surface area contributed by atoms with Crippen molar-refractivity contribution in [3.8, 4) is 5.75 Å². The summed E-state index contributed by atoms with van der Waals surface area (Å²) in [6.07, 6.45) is -0.596.